The van der Waals surface area contributed by atoms with E-state index in [1.165, 1.54) is 38.5 Å². The molecule has 2 rings (SSSR count). The van der Waals surface area contributed by atoms with E-state index in [-0.39, 0.29) is 0 Å². The molecule has 0 N–H and O–H groups in total. The van der Waals surface area contributed by atoms with E-state index in [1.807, 2.05) is 0 Å². The molecular formula is C16H30O2. The van der Waals surface area contributed by atoms with Crippen molar-refractivity contribution in [1.82, 2.24) is 0 Å². The molecule has 0 aromatic carbocycles. The molecule has 0 radical (unpaired) electrons. The first-order chi connectivity index (χ1) is 8.77. The summed E-state index contributed by atoms with van der Waals surface area (Å²) in [7, 11) is 0. The van der Waals surface area contributed by atoms with Gasteiger partial charge in [0, 0.05) is 26.4 Å². The molecule has 18 heavy (non-hydrogen) atoms. The van der Waals surface area contributed by atoms with Crippen LogP contribution in [-0.2, 0) is 9.47 Å². The Balaban J connectivity index is 1.66. The molecule has 3 unspecified atom stereocenters. The minimum Gasteiger partial charge on any atom is -0.381 e. The van der Waals surface area contributed by atoms with E-state index in [9.17, 15) is 0 Å². The van der Waals surface area contributed by atoms with Crippen LogP contribution in [0.4, 0.5) is 0 Å². The second kappa shape index (κ2) is 7.49. The molecule has 0 saturated carbocycles. The molecule has 2 saturated heterocycles. The van der Waals surface area contributed by atoms with Crippen molar-refractivity contribution in [2.45, 2.75) is 52.4 Å². The van der Waals surface area contributed by atoms with Crippen molar-refractivity contribution in [3.8, 4) is 0 Å². The third-order valence-electron chi connectivity index (χ3n) is 5.15. The zero-order chi connectivity index (χ0) is 12.8. The highest BCUT2D eigenvalue weighted by Crippen LogP contribution is 2.31. The van der Waals surface area contributed by atoms with E-state index in [1.54, 1.807) is 0 Å². The molecule has 2 aliphatic rings. The van der Waals surface area contributed by atoms with Crippen LogP contribution < -0.4 is 0 Å². The van der Waals surface area contributed by atoms with Gasteiger partial charge < -0.3 is 9.47 Å². The smallest absolute Gasteiger partial charge is 0.0496 e. The molecule has 106 valence electrons. The van der Waals surface area contributed by atoms with Crippen LogP contribution in [0.1, 0.15) is 52.4 Å². The van der Waals surface area contributed by atoms with Gasteiger partial charge in [-0.3, -0.25) is 0 Å². The summed E-state index contributed by atoms with van der Waals surface area (Å²) in [6, 6.07) is 0. The summed E-state index contributed by atoms with van der Waals surface area (Å²) in [4.78, 5) is 0. The second-order valence-corrected chi connectivity index (χ2v) is 6.46. The van der Waals surface area contributed by atoms with E-state index >= 15 is 0 Å². The summed E-state index contributed by atoms with van der Waals surface area (Å²) in [6.45, 7) is 8.84. The Kier molecular flexibility index (Phi) is 5.97. The molecule has 2 aliphatic heterocycles. The maximum absolute atomic E-state index is 5.61. The summed E-state index contributed by atoms with van der Waals surface area (Å²) >= 11 is 0. The molecule has 0 aromatic rings. The van der Waals surface area contributed by atoms with E-state index < -0.39 is 0 Å². The van der Waals surface area contributed by atoms with Crippen molar-refractivity contribution in [3.63, 3.8) is 0 Å². The monoisotopic (exact) mass is 254 g/mol. The van der Waals surface area contributed by atoms with Crippen molar-refractivity contribution in [3.05, 3.63) is 0 Å². The SMILES string of the molecule is CC(CCC(C)C1CCCOC1)C1CCOCC1. The number of ether oxygens (including phenoxy) is 2. The van der Waals surface area contributed by atoms with Gasteiger partial charge in [-0.1, -0.05) is 26.7 Å². The van der Waals surface area contributed by atoms with Crippen molar-refractivity contribution < 1.29 is 9.47 Å². The molecule has 3 atom stereocenters. The third-order valence-corrected chi connectivity index (χ3v) is 5.15. The van der Waals surface area contributed by atoms with Gasteiger partial charge in [-0.25, -0.2) is 0 Å². The third kappa shape index (κ3) is 4.24. The summed E-state index contributed by atoms with van der Waals surface area (Å²) in [6.07, 6.45) is 7.98. The highest BCUT2D eigenvalue weighted by Gasteiger charge is 2.24. The molecule has 2 nitrogen and oxygen atoms in total. The second-order valence-electron chi connectivity index (χ2n) is 6.46. The Labute approximate surface area is 112 Å². The Morgan fingerprint density at radius 1 is 0.833 bits per heavy atom. The van der Waals surface area contributed by atoms with Crippen LogP contribution in [0.25, 0.3) is 0 Å². The highest BCUT2D eigenvalue weighted by atomic mass is 16.5. The molecule has 0 bridgehead atoms. The Hall–Kier alpha value is -0.0800. The first-order valence-electron chi connectivity index (χ1n) is 7.93. The summed E-state index contributed by atoms with van der Waals surface area (Å²) in [5, 5.41) is 0. The topological polar surface area (TPSA) is 18.5 Å². The van der Waals surface area contributed by atoms with Crippen molar-refractivity contribution in [1.29, 1.82) is 0 Å². The molecule has 0 aromatic heterocycles. The molecule has 0 spiro atoms. The fraction of sp³-hybridized carbons (Fsp3) is 1.00. The lowest BCUT2D eigenvalue weighted by molar-refractivity contribution is 0.0269. The largest absolute Gasteiger partial charge is 0.381 e. The van der Waals surface area contributed by atoms with Gasteiger partial charge in [-0.05, 0) is 49.4 Å². The van der Waals surface area contributed by atoms with E-state index in [0.29, 0.717) is 0 Å². The summed E-state index contributed by atoms with van der Waals surface area (Å²) in [5.74, 6) is 3.45. The maximum Gasteiger partial charge on any atom is 0.0496 e. The van der Waals surface area contributed by atoms with E-state index in [2.05, 4.69) is 13.8 Å². The fourth-order valence-corrected chi connectivity index (χ4v) is 3.50. The highest BCUT2D eigenvalue weighted by molar-refractivity contribution is 4.74. The van der Waals surface area contributed by atoms with Crippen molar-refractivity contribution in [2.24, 2.45) is 23.7 Å². The van der Waals surface area contributed by atoms with Crippen LogP contribution in [0.2, 0.25) is 0 Å². The van der Waals surface area contributed by atoms with Gasteiger partial charge in [-0.2, -0.15) is 0 Å². The summed E-state index contributed by atoms with van der Waals surface area (Å²) < 4.78 is 11.1. The average Bonchev–Trinajstić information content (AvgIpc) is 2.46. The molecule has 2 fully saturated rings. The van der Waals surface area contributed by atoms with Gasteiger partial charge in [0.15, 0.2) is 0 Å². The van der Waals surface area contributed by atoms with Gasteiger partial charge in [0.1, 0.15) is 0 Å². The zero-order valence-corrected chi connectivity index (χ0v) is 12.2. The first-order valence-corrected chi connectivity index (χ1v) is 7.93. The van der Waals surface area contributed by atoms with Crippen LogP contribution >= 0.6 is 0 Å². The predicted molar refractivity (Wildman–Crippen MR) is 74.6 cm³/mol. The lowest BCUT2D eigenvalue weighted by Gasteiger charge is -2.31. The quantitative estimate of drug-likeness (QED) is 0.741. The van der Waals surface area contributed by atoms with E-state index in [0.717, 1.165) is 50.1 Å². The van der Waals surface area contributed by atoms with Crippen LogP contribution in [0.5, 0.6) is 0 Å². The normalized spacial score (nSPS) is 30.0. The predicted octanol–water partition coefficient (Wildman–Crippen LogP) is 3.89. The summed E-state index contributed by atoms with van der Waals surface area (Å²) in [5.41, 5.74) is 0. The van der Waals surface area contributed by atoms with Crippen LogP contribution in [0.15, 0.2) is 0 Å². The zero-order valence-electron chi connectivity index (χ0n) is 12.2. The van der Waals surface area contributed by atoms with Crippen LogP contribution in [0.3, 0.4) is 0 Å². The fourth-order valence-electron chi connectivity index (χ4n) is 3.50. The van der Waals surface area contributed by atoms with Gasteiger partial charge in [0.05, 0.1) is 0 Å². The molecular weight excluding hydrogens is 224 g/mol. The Bertz CT molecular complexity index is 193. The van der Waals surface area contributed by atoms with Gasteiger partial charge in [0.25, 0.3) is 0 Å². The number of rotatable bonds is 5. The lowest BCUT2D eigenvalue weighted by Crippen LogP contribution is -2.25. The standard InChI is InChI=1S/C16H30O2/c1-13(15-7-10-17-11-8-15)5-6-14(2)16-4-3-9-18-12-16/h13-16H,3-12H2,1-2H3. The molecule has 2 heterocycles. The molecule has 2 heteroatoms. The maximum atomic E-state index is 5.61. The minimum atomic E-state index is 0.820. The van der Waals surface area contributed by atoms with Gasteiger partial charge in [-0.15, -0.1) is 0 Å². The lowest BCUT2D eigenvalue weighted by atomic mass is 9.80. The number of hydrogen-bond donors (Lipinski definition) is 0. The van der Waals surface area contributed by atoms with Gasteiger partial charge in [0.2, 0.25) is 0 Å². The Morgan fingerprint density at radius 3 is 2.11 bits per heavy atom. The van der Waals surface area contributed by atoms with Crippen molar-refractivity contribution >= 4 is 0 Å². The Morgan fingerprint density at radius 2 is 1.50 bits per heavy atom. The molecule has 0 amide bonds. The first kappa shape index (κ1) is 14.3. The molecule has 0 aliphatic carbocycles. The van der Waals surface area contributed by atoms with E-state index in [4.69, 9.17) is 9.47 Å². The number of hydrogen-bond acceptors (Lipinski definition) is 2. The van der Waals surface area contributed by atoms with Crippen LogP contribution in [-0.4, -0.2) is 26.4 Å². The van der Waals surface area contributed by atoms with Crippen LogP contribution in [0, 0.1) is 23.7 Å². The van der Waals surface area contributed by atoms with Gasteiger partial charge >= 0.3 is 0 Å². The average molecular weight is 254 g/mol. The minimum absolute atomic E-state index is 0.820. The van der Waals surface area contributed by atoms with Crippen molar-refractivity contribution in [2.75, 3.05) is 26.4 Å².